The van der Waals surface area contributed by atoms with Gasteiger partial charge in [0.05, 0.1) is 11.7 Å². The first kappa shape index (κ1) is 14.9. The van der Waals surface area contributed by atoms with Gasteiger partial charge in [-0.2, -0.15) is 0 Å². The minimum absolute atomic E-state index is 0.137. The van der Waals surface area contributed by atoms with Gasteiger partial charge in [-0.1, -0.05) is 12.1 Å². The quantitative estimate of drug-likeness (QED) is 0.890. The summed E-state index contributed by atoms with van der Waals surface area (Å²) in [4.78, 5) is 13.6. The molecule has 1 saturated heterocycles. The summed E-state index contributed by atoms with van der Waals surface area (Å²) >= 11 is 0. The molecule has 20 heavy (non-hydrogen) atoms. The van der Waals surface area contributed by atoms with Crippen molar-refractivity contribution in [2.45, 2.75) is 24.5 Å². The first-order chi connectivity index (χ1) is 9.36. The highest BCUT2D eigenvalue weighted by atomic mass is 32.2. The molecule has 1 fully saturated rings. The van der Waals surface area contributed by atoms with Gasteiger partial charge in [-0.15, -0.1) is 0 Å². The number of nitrogens with zero attached hydrogens (tertiary/aromatic N) is 1. The minimum atomic E-state index is -3.61. The normalized spacial score (nSPS) is 19.9. The Balaban J connectivity index is 2.00. The van der Waals surface area contributed by atoms with Crippen molar-refractivity contribution in [2.24, 2.45) is 5.14 Å². The third-order valence-corrected chi connectivity index (χ3v) is 4.78. The SMILES string of the molecule is NS(=O)(=O)C1CCCN(C(=O)Cc2ccc(F)cc2)C1. The Bertz CT molecular complexity index is 586. The van der Waals surface area contributed by atoms with E-state index in [1.807, 2.05) is 0 Å². The zero-order valence-electron chi connectivity index (χ0n) is 11.0. The van der Waals surface area contributed by atoms with Crippen molar-refractivity contribution in [3.8, 4) is 0 Å². The van der Waals surface area contributed by atoms with Gasteiger partial charge in [0.25, 0.3) is 0 Å². The molecule has 110 valence electrons. The molecule has 0 bridgehead atoms. The number of benzene rings is 1. The van der Waals surface area contributed by atoms with E-state index in [1.54, 1.807) is 12.1 Å². The van der Waals surface area contributed by atoms with Crippen molar-refractivity contribution in [1.82, 2.24) is 4.90 Å². The lowest BCUT2D eigenvalue weighted by Crippen LogP contribution is -2.47. The first-order valence-corrected chi connectivity index (χ1v) is 8.01. The molecule has 1 heterocycles. The minimum Gasteiger partial charge on any atom is -0.341 e. The molecule has 1 amide bonds. The van der Waals surface area contributed by atoms with E-state index in [0.717, 1.165) is 0 Å². The van der Waals surface area contributed by atoms with Crippen molar-refractivity contribution in [3.05, 3.63) is 35.6 Å². The smallest absolute Gasteiger partial charge is 0.227 e. The van der Waals surface area contributed by atoms with E-state index in [-0.39, 0.29) is 24.7 Å². The summed E-state index contributed by atoms with van der Waals surface area (Å²) in [6.45, 7) is 0.672. The fraction of sp³-hybridized carbons (Fsp3) is 0.462. The maximum absolute atomic E-state index is 12.8. The van der Waals surface area contributed by atoms with Crippen LogP contribution < -0.4 is 5.14 Å². The van der Waals surface area contributed by atoms with Crippen LogP contribution in [0.15, 0.2) is 24.3 Å². The second-order valence-corrected chi connectivity index (χ2v) is 6.84. The Kier molecular flexibility index (Phi) is 4.39. The number of hydrogen-bond donors (Lipinski definition) is 1. The molecule has 0 aliphatic carbocycles. The maximum Gasteiger partial charge on any atom is 0.227 e. The Morgan fingerprint density at radius 1 is 1.35 bits per heavy atom. The number of halogens is 1. The fourth-order valence-electron chi connectivity index (χ4n) is 2.32. The summed E-state index contributed by atoms with van der Waals surface area (Å²) < 4.78 is 35.5. The second kappa shape index (κ2) is 5.88. The van der Waals surface area contributed by atoms with Gasteiger partial charge in [0.2, 0.25) is 15.9 Å². The molecular weight excluding hydrogens is 283 g/mol. The van der Waals surface area contributed by atoms with Crippen molar-refractivity contribution in [1.29, 1.82) is 0 Å². The molecule has 1 aliphatic rings. The lowest BCUT2D eigenvalue weighted by Gasteiger charge is -2.31. The van der Waals surface area contributed by atoms with Crippen LogP contribution in [0.2, 0.25) is 0 Å². The van der Waals surface area contributed by atoms with Gasteiger partial charge in [-0.3, -0.25) is 4.79 Å². The predicted octanol–water partition coefficient (Wildman–Crippen LogP) is 0.648. The number of likely N-dealkylation sites (tertiary alicyclic amines) is 1. The highest BCUT2D eigenvalue weighted by Gasteiger charge is 2.30. The van der Waals surface area contributed by atoms with Crippen molar-refractivity contribution >= 4 is 15.9 Å². The van der Waals surface area contributed by atoms with E-state index in [9.17, 15) is 17.6 Å². The van der Waals surface area contributed by atoms with E-state index in [4.69, 9.17) is 5.14 Å². The van der Waals surface area contributed by atoms with E-state index < -0.39 is 15.3 Å². The van der Waals surface area contributed by atoms with Gasteiger partial charge >= 0.3 is 0 Å². The molecule has 1 aliphatic heterocycles. The Hall–Kier alpha value is -1.47. The first-order valence-electron chi connectivity index (χ1n) is 6.40. The fourth-order valence-corrected chi connectivity index (χ4v) is 3.20. The second-order valence-electron chi connectivity index (χ2n) is 5.00. The number of rotatable bonds is 3. The van der Waals surface area contributed by atoms with Crippen molar-refractivity contribution in [2.75, 3.05) is 13.1 Å². The summed E-state index contributed by atoms with van der Waals surface area (Å²) in [6.07, 6.45) is 1.24. The van der Waals surface area contributed by atoms with E-state index >= 15 is 0 Å². The third kappa shape index (κ3) is 3.77. The van der Waals surface area contributed by atoms with Crippen LogP contribution in [0.4, 0.5) is 4.39 Å². The molecule has 7 heteroatoms. The van der Waals surface area contributed by atoms with Gasteiger partial charge in [-0.25, -0.2) is 17.9 Å². The number of nitrogens with two attached hydrogens (primary N) is 1. The number of hydrogen-bond acceptors (Lipinski definition) is 3. The molecule has 1 aromatic rings. The van der Waals surface area contributed by atoms with Crippen molar-refractivity contribution < 1.29 is 17.6 Å². The highest BCUT2D eigenvalue weighted by Crippen LogP contribution is 2.16. The van der Waals surface area contributed by atoms with Crippen molar-refractivity contribution in [3.63, 3.8) is 0 Å². The average Bonchev–Trinajstić information content (AvgIpc) is 2.40. The number of amides is 1. The number of carbonyl (C=O) groups excluding carboxylic acids is 1. The summed E-state index contributed by atoms with van der Waals surface area (Å²) in [5, 5.41) is 4.45. The standard InChI is InChI=1S/C13H17FN2O3S/c14-11-5-3-10(4-6-11)8-13(17)16-7-1-2-12(9-16)20(15,18)19/h3-6,12H,1-2,7-9H2,(H2,15,18,19). The molecule has 1 aromatic carbocycles. The van der Waals surface area contributed by atoms with Gasteiger partial charge < -0.3 is 4.90 Å². The number of primary sulfonamides is 1. The number of sulfonamides is 1. The molecule has 2 N–H and O–H groups in total. The molecular formula is C13H17FN2O3S. The predicted molar refractivity (Wildman–Crippen MR) is 72.8 cm³/mol. The molecule has 1 unspecified atom stereocenters. The Labute approximate surface area is 117 Å². The molecule has 0 saturated carbocycles. The summed E-state index contributed by atoms with van der Waals surface area (Å²) in [6, 6.07) is 5.70. The molecule has 5 nitrogen and oxygen atoms in total. The molecule has 0 spiro atoms. The van der Waals surface area contributed by atoms with Crippen LogP contribution in [-0.4, -0.2) is 37.6 Å². The lowest BCUT2D eigenvalue weighted by molar-refractivity contribution is -0.131. The van der Waals surface area contributed by atoms with Crippen LogP contribution in [0, 0.1) is 5.82 Å². The highest BCUT2D eigenvalue weighted by molar-refractivity contribution is 7.89. The average molecular weight is 300 g/mol. The molecule has 0 aromatic heterocycles. The largest absolute Gasteiger partial charge is 0.341 e. The molecule has 1 atom stereocenters. The van der Waals surface area contributed by atoms with Gasteiger partial charge in [-0.05, 0) is 30.5 Å². The zero-order valence-corrected chi connectivity index (χ0v) is 11.8. The monoisotopic (exact) mass is 300 g/mol. The third-order valence-electron chi connectivity index (χ3n) is 3.46. The Morgan fingerprint density at radius 3 is 2.60 bits per heavy atom. The van der Waals surface area contributed by atoms with Crippen LogP contribution in [0.3, 0.4) is 0 Å². The molecule has 2 rings (SSSR count). The van der Waals surface area contributed by atoms with E-state index in [0.29, 0.717) is 24.9 Å². The van der Waals surface area contributed by atoms with E-state index in [2.05, 4.69) is 0 Å². The van der Waals surface area contributed by atoms with E-state index in [1.165, 1.54) is 17.0 Å². The van der Waals surface area contributed by atoms with Crippen LogP contribution in [-0.2, 0) is 21.2 Å². The van der Waals surface area contributed by atoms with Crippen LogP contribution in [0.25, 0.3) is 0 Å². The number of piperidine rings is 1. The maximum atomic E-state index is 12.8. The Morgan fingerprint density at radius 2 is 2.00 bits per heavy atom. The van der Waals surface area contributed by atoms with Crippen LogP contribution in [0.5, 0.6) is 0 Å². The van der Waals surface area contributed by atoms with Gasteiger partial charge in [0.1, 0.15) is 5.82 Å². The van der Waals surface area contributed by atoms with Crippen LogP contribution >= 0.6 is 0 Å². The summed E-state index contributed by atoms with van der Waals surface area (Å²) in [5.74, 6) is -0.515. The van der Waals surface area contributed by atoms with Crippen LogP contribution in [0.1, 0.15) is 18.4 Å². The zero-order chi connectivity index (χ0) is 14.8. The lowest BCUT2D eigenvalue weighted by atomic mass is 10.1. The number of carbonyl (C=O) groups is 1. The van der Waals surface area contributed by atoms with Gasteiger partial charge in [0.15, 0.2) is 0 Å². The summed E-state index contributed by atoms with van der Waals surface area (Å²) in [5.41, 5.74) is 0.703. The topological polar surface area (TPSA) is 80.5 Å². The van der Waals surface area contributed by atoms with Gasteiger partial charge in [0, 0.05) is 13.1 Å². The molecule has 0 radical (unpaired) electrons. The summed E-state index contributed by atoms with van der Waals surface area (Å²) in [7, 11) is -3.61.